The summed E-state index contributed by atoms with van der Waals surface area (Å²) in [5.74, 6) is 0. The molecular formula is C4H13LiOS2. The molecule has 0 amide bonds. The Hall–Kier alpha value is 1.26. The molecule has 0 N–H and O–H groups in total. The molecule has 0 aromatic heterocycles. The van der Waals surface area contributed by atoms with Crippen molar-refractivity contribution in [3.63, 3.8) is 0 Å². The molecule has 1 aliphatic rings. The minimum absolute atomic E-state index is 0. The molecule has 0 aromatic carbocycles. The molecule has 8 heavy (non-hydrogen) atoms. The van der Waals surface area contributed by atoms with Crippen LogP contribution in [0.2, 0.25) is 0 Å². The minimum atomic E-state index is 0. The normalized spacial score (nSPS) is 15.0. The summed E-state index contributed by atoms with van der Waals surface area (Å²) in [4.78, 5) is 0. The number of hydrogen-bond donors (Lipinski definition) is 0. The zero-order valence-corrected chi connectivity index (χ0v) is 7.24. The van der Waals surface area contributed by atoms with Crippen molar-refractivity contribution in [3.8, 4) is 0 Å². The molecule has 1 rings (SSSR count). The maximum Gasteiger partial charge on any atom is 1.00 e. The van der Waals surface area contributed by atoms with Gasteiger partial charge in [-0.25, -0.2) is 0 Å². The number of hydrogen-bond acceptors (Lipinski definition) is 1. The second-order valence-corrected chi connectivity index (χ2v) is 1.32. The Bertz CT molecular complexity index is 30.1. The molecule has 48 valence electrons. The molecule has 0 atom stereocenters. The van der Waals surface area contributed by atoms with Gasteiger partial charge in [0.05, 0.1) is 0 Å². The van der Waals surface area contributed by atoms with Crippen molar-refractivity contribution in [2.24, 2.45) is 0 Å². The van der Waals surface area contributed by atoms with Gasteiger partial charge in [0.25, 0.3) is 0 Å². The van der Waals surface area contributed by atoms with Gasteiger partial charge in [-0.3, -0.25) is 0 Å². The SMILES string of the molecule is C1CCOC1.S.S.[H-].[Li+]. The summed E-state index contributed by atoms with van der Waals surface area (Å²) in [7, 11) is 0. The Labute approximate surface area is 78.1 Å². The van der Waals surface area contributed by atoms with E-state index in [1.54, 1.807) is 0 Å². The number of rotatable bonds is 0. The molecule has 1 nitrogen and oxygen atoms in total. The van der Waals surface area contributed by atoms with Gasteiger partial charge in [-0.1, -0.05) is 0 Å². The summed E-state index contributed by atoms with van der Waals surface area (Å²) in [6.07, 6.45) is 2.56. The van der Waals surface area contributed by atoms with E-state index in [1.807, 2.05) is 0 Å². The van der Waals surface area contributed by atoms with E-state index < -0.39 is 0 Å². The summed E-state index contributed by atoms with van der Waals surface area (Å²) >= 11 is 0. The molecule has 1 fully saturated rings. The van der Waals surface area contributed by atoms with Crippen LogP contribution in [0, 0.1) is 0 Å². The molecular weight excluding hydrogens is 135 g/mol. The van der Waals surface area contributed by atoms with Crippen molar-refractivity contribution in [1.29, 1.82) is 0 Å². The first-order valence-corrected chi connectivity index (χ1v) is 2.08. The van der Waals surface area contributed by atoms with E-state index in [1.165, 1.54) is 12.8 Å². The molecule has 0 radical (unpaired) electrons. The largest absolute Gasteiger partial charge is 1.00 e. The van der Waals surface area contributed by atoms with Gasteiger partial charge in [-0.2, -0.15) is 27.0 Å². The van der Waals surface area contributed by atoms with E-state index >= 15 is 0 Å². The summed E-state index contributed by atoms with van der Waals surface area (Å²) in [6.45, 7) is 2.00. The van der Waals surface area contributed by atoms with Crippen molar-refractivity contribution in [1.82, 2.24) is 0 Å². The molecule has 0 unspecified atom stereocenters. The third kappa shape index (κ3) is 7.26. The molecule has 0 aliphatic carbocycles. The molecule has 1 aliphatic heterocycles. The van der Waals surface area contributed by atoms with Crippen LogP contribution in [-0.4, -0.2) is 13.2 Å². The molecule has 1 heterocycles. The fraction of sp³-hybridized carbons (Fsp3) is 1.00. The van der Waals surface area contributed by atoms with Crippen LogP contribution in [0.4, 0.5) is 0 Å². The van der Waals surface area contributed by atoms with Crippen molar-refractivity contribution in [2.75, 3.05) is 13.2 Å². The molecule has 0 bridgehead atoms. The van der Waals surface area contributed by atoms with Gasteiger partial charge in [0.2, 0.25) is 0 Å². The smallest absolute Gasteiger partial charge is 1.00 e. The van der Waals surface area contributed by atoms with Crippen LogP contribution in [0.3, 0.4) is 0 Å². The topological polar surface area (TPSA) is 9.23 Å². The predicted molar refractivity (Wildman–Crippen MR) is 41.9 cm³/mol. The summed E-state index contributed by atoms with van der Waals surface area (Å²) in [5.41, 5.74) is 0. The van der Waals surface area contributed by atoms with Crippen molar-refractivity contribution in [2.45, 2.75) is 12.8 Å². The average molecular weight is 148 g/mol. The fourth-order valence-electron chi connectivity index (χ4n) is 0.510. The van der Waals surface area contributed by atoms with Crippen LogP contribution in [0.5, 0.6) is 0 Å². The van der Waals surface area contributed by atoms with E-state index in [-0.39, 0.29) is 47.3 Å². The first-order chi connectivity index (χ1) is 2.50. The van der Waals surface area contributed by atoms with Crippen molar-refractivity contribution < 1.29 is 25.0 Å². The Morgan fingerprint density at radius 2 is 1.38 bits per heavy atom. The Morgan fingerprint density at radius 1 is 1.00 bits per heavy atom. The quantitative estimate of drug-likeness (QED) is 0.366. The van der Waals surface area contributed by atoms with Crippen LogP contribution >= 0.6 is 27.0 Å². The minimum Gasteiger partial charge on any atom is -1.00 e. The van der Waals surface area contributed by atoms with E-state index in [2.05, 4.69) is 0 Å². The maximum atomic E-state index is 4.94. The molecule has 4 heteroatoms. The molecule has 0 aromatic rings. The zero-order valence-electron chi connectivity index (χ0n) is 6.24. The van der Waals surface area contributed by atoms with Crippen LogP contribution in [0.1, 0.15) is 14.3 Å². The maximum absolute atomic E-state index is 4.94. The van der Waals surface area contributed by atoms with Gasteiger partial charge >= 0.3 is 18.9 Å². The standard InChI is InChI=1S/C4H8O.Li.2H2S.H/c1-2-4-5-3-1;;;;/h1-4H2;;2*1H2;/q;+1;;;-1. The van der Waals surface area contributed by atoms with E-state index in [0.29, 0.717) is 0 Å². The van der Waals surface area contributed by atoms with Gasteiger partial charge in [-0.15, -0.1) is 0 Å². The zero-order chi connectivity index (χ0) is 3.54. The van der Waals surface area contributed by atoms with Gasteiger partial charge in [0.1, 0.15) is 0 Å². The van der Waals surface area contributed by atoms with Gasteiger partial charge in [0.15, 0.2) is 0 Å². The van der Waals surface area contributed by atoms with Crippen molar-refractivity contribution >= 4 is 27.0 Å². The Kier molecular flexibility index (Phi) is 22.4. The third-order valence-corrected chi connectivity index (χ3v) is 0.827. The van der Waals surface area contributed by atoms with E-state index in [9.17, 15) is 0 Å². The van der Waals surface area contributed by atoms with E-state index in [4.69, 9.17) is 4.74 Å². The fourth-order valence-corrected chi connectivity index (χ4v) is 0.510. The van der Waals surface area contributed by atoms with Crippen LogP contribution in [0.15, 0.2) is 0 Å². The predicted octanol–water partition coefficient (Wildman–Crippen LogP) is -1.86. The van der Waals surface area contributed by atoms with Crippen LogP contribution in [-0.2, 0) is 4.74 Å². The summed E-state index contributed by atoms with van der Waals surface area (Å²) < 4.78 is 4.94. The van der Waals surface area contributed by atoms with Crippen molar-refractivity contribution in [3.05, 3.63) is 0 Å². The second-order valence-electron chi connectivity index (χ2n) is 1.32. The van der Waals surface area contributed by atoms with Crippen LogP contribution < -0.4 is 18.9 Å². The van der Waals surface area contributed by atoms with Crippen LogP contribution in [0.25, 0.3) is 0 Å². The average Bonchev–Trinajstić information content (AvgIpc) is 1.76. The van der Waals surface area contributed by atoms with Gasteiger partial charge in [0, 0.05) is 13.2 Å². The Balaban J connectivity index is -0.0000000312. The first kappa shape index (κ1) is 16.1. The third-order valence-electron chi connectivity index (χ3n) is 0.827. The first-order valence-electron chi connectivity index (χ1n) is 2.08. The molecule has 1 saturated heterocycles. The summed E-state index contributed by atoms with van der Waals surface area (Å²) in [5, 5.41) is 0. The summed E-state index contributed by atoms with van der Waals surface area (Å²) in [6, 6.07) is 0. The number of ether oxygens (including phenoxy) is 1. The second kappa shape index (κ2) is 11.1. The van der Waals surface area contributed by atoms with E-state index in [0.717, 1.165) is 13.2 Å². The molecule has 0 spiro atoms. The van der Waals surface area contributed by atoms with Gasteiger partial charge in [-0.05, 0) is 12.8 Å². The van der Waals surface area contributed by atoms with Gasteiger partial charge < -0.3 is 6.16 Å². The monoisotopic (exact) mass is 148 g/mol. The molecule has 0 saturated carbocycles. The Morgan fingerprint density at radius 3 is 1.50 bits per heavy atom.